The summed E-state index contributed by atoms with van der Waals surface area (Å²) in [6.45, 7) is 1.81. The van der Waals surface area contributed by atoms with E-state index in [1.165, 1.54) is 12.1 Å². The minimum atomic E-state index is -3.77. The fourth-order valence-electron chi connectivity index (χ4n) is 2.46. The van der Waals surface area contributed by atoms with Gasteiger partial charge in [-0.2, -0.15) is 0 Å². The summed E-state index contributed by atoms with van der Waals surface area (Å²) in [6.07, 6.45) is -2.39. The molecule has 7 nitrogen and oxygen atoms in total. The SMILES string of the molecule is C[C@H](O)CNc1ccc(S(=O)(=O)NC[C@H](O)CC(O)c2ccccc2)cc1. The number of benzene rings is 2. The summed E-state index contributed by atoms with van der Waals surface area (Å²) in [5, 5.41) is 32.4. The predicted molar refractivity (Wildman–Crippen MR) is 104 cm³/mol. The lowest BCUT2D eigenvalue weighted by molar-refractivity contribution is 0.0831. The molecule has 148 valence electrons. The molecule has 0 bridgehead atoms. The first-order valence-electron chi connectivity index (χ1n) is 8.70. The van der Waals surface area contributed by atoms with Crippen LogP contribution in [0.4, 0.5) is 5.69 Å². The van der Waals surface area contributed by atoms with Gasteiger partial charge in [-0.1, -0.05) is 30.3 Å². The van der Waals surface area contributed by atoms with E-state index in [4.69, 9.17) is 0 Å². The summed E-state index contributed by atoms with van der Waals surface area (Å²) in [6, 6.07) is 15.0. The van der Waals surface area contributed by atoms with E-state index in [0.29, 0.717) is 17.8 Å². The van der Waals surface area contributed by atoms with Crippen LogP contribution >= 0.6 is 0 Å². The average Bonchev–Trinajstić information content (AvgIpc) is 2.66. The second-order valence-corrected chi connectivity index (χ2v) is 8.19. The fraction of sp³-hybridized carbons (Fsp3) is 0.368. The number of hydrogen-bond acceptors (Lipinski definition) is 6. The summed E-state index contributed by atoms with van der Waals surface area (Å²) in [5.74, 6) is 0. The second kappa shape index (κ2) is 9.82. The molecule has 3 atom stereocenters. The summed E-state index contributed by atoms with van der Waals surface area (Å²) in [5.41, 5.74) is 1.36. The van der Waals surface area contributed by atoms with Gasteiger partial charge in [0, 0.05) is 25.2 Å². The Hall–Kier alpha value is -1.97. The Bertz CT molecular complexity index is 795. The van der Waals surface area contributed by atoms with Gasteiger partial charge in [-0.05, 0) is 36.8 Å². The first kappa shape index (κ1) is 21.3. The summed E-state index contributed by atoms with van der Waals surface area (Å²) in [4.78, 5) is 0.0703. The summed E-state index contributed by atoms with van der Waals surface area (Å²) < 4.78 is 27.0. The van der Waals surface area contributed by atoms with Gasteiger partial charge in [0.15, 0.2) is 0 Å². The maximum Gasteiger partial charge on any atom is 0.240 e. The van der Waals surface area contributed by atoms with Gasteiger partial charge in [-0.15, -0.1) is 0 Å². The lowest BCUT2D eigenvalue weighted by Gasteiger charge is -2.17. The van der Waals surface area contributed by atoms with Crippen LogP contribution in [0.15, 0.2) is 59.5 Å². The molecule has 2 aromatic rings. The Morgan fingerprint density at radius 2 is 1.56 bits per heavy atom. The number of anilines is 1. The van der Waals surface area contributed by atoms with E-state index in [1.807, 2.05) is 6.07 Å². The third kappa shape index (κ3) is 6.93. The molecule has 0 aliphatic carbocycles. The van der Waals surface area contributed by atoms with Crippen molar-refractivity contribution in [3.05, 3.63) is 60.2 Å². The molecule has 2 rings (SSSR count). The van der Waals surface area contributed by atoms with Gasteiger partial charge < -0.3 is 20.6 Å². The molecule has 0 heterocycles. The molecule has 5 N–H and O–H groups in total. The Labute approximate surface area is 159 Å². The summed E-state index contributed by atoms with van der Waals surface area (Å²) in [7, 11) is -3.77. The van der Waals surface area contributed by atoms with Crippen molar-refractivity contribution in [2.75, 3.05) is 18.4 Å². The van der Waals surface area contributed by atoms with E-state index in [1.54, 1.807) is 43.3 Å². The molecule has 0 saturated heterocycles. The van der Waals surface area contributed by atoms with Crippen LogP contribution in [0.2, 0.25) is 0 Å². The molecule has 0 aromatic heterocycles. The van der Waals surface area contributed by atoms with Crippen molar-refractivity contribution in [1.29, 1.82) is 0 Å². The minimum absolute atomic E-state index is 0.0226. The highest BCUT2D eigenvalue weighted by molar-refractivity contribution is 7.89. The largest absolute Gasteiger partial charge is 0.392 e. The lowest BCUT2D eigenvalue weighted by atomic mass is 10.0. The van der Waals surface area contributed by atoms with Crippen LogP contribution in [-0.4, -0.2) is 49.0 Å². The van der Waals surface area contributed by atoms with Crippen molar-refractivity contribution < 1.29 is 23.7 Å². The summed E-state index contributed by atoms with van der Waals surface area (Å²) >= 11 is 0. The molecule has 0 spiro atoms. The zero-order chi connectivity index (χ0) is 19.9. The molecule has 0 amide bonds. The maximum absolute atomic E-state index is 12.3. The van der Waals surface area contributed by atoms with Crippen molar-refractivity contribution in [2.45, 2.75) is 36.6 Å². The topological polar surface area (TPSA) is 119 Å². The van der Waals surface area contributed by atoms with Crippen LogP contribution in [0.1, 0.15) is 25.0 Å². The molecule has 0 saturated carbocycles. The maximum atomic E-state index is 12.3. The van der Waals surface area contributed by atoms with Crippen LogP contribution in [0, 0.1) is 0 Å². The van der Waals surface area contributed by atoms with E-state index >= 15 is 0 Å². The van der Waals surface area contributed by atoms with Crippen LogP contribution < -0.4 is 10.0 Å². The fourth-order valence-corrected chi connectivity index (χ4v) is 3.53. The predicted octanol–water partition coefficient (Wildman–Crippen LogP) is 1.24. The van der Waals surface area contributed by atoms with Crippen molar-refractivity contribution >= 4 is 15.7 Å². The molecule has 27 heavy (non-hydrogen) atoms. The zero-order valence-electron chi connectivity index (χ0n) is 15.1. The number of aliphatic hydroxyl groups is 3. The van der Waals surface area contributed by atoms with E-state index in [2.05, 4.69) is 10.0 Å². The Morgan fingerprint density at radius 1 is 0.926 bits per heavy atom. The van der Waals surface area contributed by atoms with Gasteiger partial charge in [0.25, 0.3) is 0 Å². The normalized spacial score (nSPS) is 15.1. The molecule has 0 aliphatic heterocycles. The highest BCUT2D eigenvalue weighted by Crippen LogP contribution is 2.18. The van der Waals surface area contributed by atoms with Gasteiger partial charge in [-0.3, -0.25) is 0 Å². The zero-order valence-corrected chi connectivity index (χ0v) is 15.9. The van der Waals surface area contributed by atoms with Crippen LogP contribution in [0.25, 0.3) is 0 Å². The van der Waals surface area contributed by atoms with Gasteiger partial charge in [0.1, 0.15) is 0 Å². The van der Waals surface area contributed by atoms with Crippen LogP contribution in [0.3, 0.4) is 0 Å². The first-order valence-corrected chi connectivity index (χ1v) is 10.2. The quantitative estimate of drug-likeness (QED) is 0.414. The van der Waals surface area contributed by atoms with Crippen molar-refractivity contribution in [2.24, 2.45) is 0 Å². The molecule has 0 aliphatic rings. The third-order valence-corrected chi connectivity index (χ3v) is 5.39. The highest BCUT2D eigenvalue weighted by Gasteiger charge is 2.18. The van der Waals surface area contributed by atoms with Gasteiger partial charge >= 0.3 is 0 Å². The number of aliphatic hydroxyl groups excluding tert-OH is 3. The Kier molecular flexibility index (Phi) is 7.76. The average molecular weight is 394 g/mol. The monoisotopic (exact) mass is 394 g/mol. The number of rotatable bonds is 10. The molecule has 8 heteroatoms. The second-order valence-electron chi connectivity index (χ2n) is 6.42. The van der Waals surface area contributed by atoms with Crippen LogP contribution in [-0.2, 0) is 10.0 Å². The molecule has 0 radical (unpaired) electrons. The first-order chi connectivity index (χ1) is 12.8. The molecule has 2 aromatic carbocycles. The number of sulfonamides is 1. The van der Waals surface area contributed by atoms with Crippen molar-refractivity contribution in [1.82, 2.24) is 4.72 Å². The van der Waals surface area contributed by atoms with Crippen molar-refractivity contribution in [3.63, 3.8) is 0 Å². The Balaban J connectivity index is 1.88. The molecule has 1 unspecified atom stereocenters. The standard InChI is InChI=1S/C19H26N2O5S/c1-14(22)12-20-16-7-9-18(10-8-16)27(25,26)21-13-17(23)11-19(24)15-5-3-2-4-6-15/h2-10,14,17,19-24H,11-13H2,1H3/t14-,17+,19?/m0/s1. The third-order valence-electron chi connectivity index (χ3n) is 3.95. The minimum Gasteiger partial charge on any atom is -0.392 e. The van der Waals surface area contributed by atoms with E-state index in [9.17, 15) is 23.7 Å². The van der Waals surface area contributed by atoms with Gasteiger partial charge in [0.05, 0.1) is 23.2 Å². The van der Waals surface area contributed by atoms with E-state index < -0.39 is 28.3 Å². The molecular weight excluding hydrogens is 368 g/mol. The number of hydrogen-bond donors (Lipinski definition) is 5. The smallest absolute Gasteiger partial charge is 0.240 e. The molecular formula is C19H26N2O5S. The lowest BCUT2D eigenvalue weighted by Crippen LogP contribution is -2.33. The van der Waals surface area contributed by atoms with Gasteiger partial charge in [0.2, 0.25) is 10.0 Å². The highest BCUT2D eigenvalue weighted by atomic mass is 32.2. The van der Waals surface area contributed by atoms with Crippen LogP contribution in [0.5, 0.6) is 0 Å². The van der Waals surface area contributed by atoms with E-state index in [-0.39, 0.29) is 17.9 Å². The van der Waals surface area contributed by atoms with Gasteiger partial charge in [-0.25, -0.2) is 13.1 Å². The van der Waals surface area contributed by atoms with E-state index in [0.717, 1.165) is 0 Å². The number of nitrogens with one attached hydrogen (secondary N) is 2. The Morgan fingerprint density at radius 3 is 2.15 bits per heavy atom. The van der Waals surface area contributed by atoms with Crippen molar-refractivity contribution in [3.8, 4) is 0 Å². The molecule has 0 fully saturated rings.